The Labute approximate surface area is 286 Å². The largest absolute Gasteiger partial charge is 0.392 e. The van der Waals surface area contributed by atoms with Crippen molar-refractivity contribution >= 4 is 23.3 Å². The molecule has 10 nitrogen and oxygen atoms in total. The average molecular weight is 674 g/mol. The van der Waals surface area contributed by atoms with Crippen LogP contribution in [0.3, 0.4) is 0 Å². The van der Waals surface area contributed by atoms with Crippen LogP contribution in [-0.2, 0) is 33.4 Å². The van der Waals surface area contributed by atoms with E-state index in [1.807, 2.05) is 26.8 Å². The fourth-order valence-electron chi connectivity index (χ4n) is 7.91. The molecule has 3 rings (SSSR count). The summed E-state index contributed by atoms with van der Waals surface area (Å²) >= 11 is 0. The van der Waals surface area contributed by atoms with Crippen LogP contribution < -0.4 is 0 Å². The van der Waals surface area contributed by atoms with Crippen LogP contribution in [0, 0.1) is 29.6 Å². The number of fused-ring (bicyclic) bond motifs is 3. The van der Waals surface area contributed by atoms with Crippen LogP contribution in [0.2, 0.25) is 0 Å². The molecule has 0 aliphatic carbocycles. The Bertz CT molecular complexity index is 1230. The number of aliphatic hydroxyl groups is 2. The first-order chi connectivity index (χ1) is 22.6. The zero-order valence-electron chi connectivity index (χ0n) is 30.1. The van der Waals surface area contributed by atoms with Crippen molar-refractivity contribution in [1.29, 1.82) is 0 Å². The number of Topliss-reactive ketones (excluding diaryl/α,β-unsaturated/α-hetero) is 3. The van der Waals surface area contributed by atoms with Crippen LogP contribution in [0.15, 0.2) is 36.5 Å². The van der Waals surface area contributed by atoms with Gasteiger partial charge in [-0.15, -0.1) is 6.58 Å². The van der Waals surface area contributed by atoms with Crippen molar-refractivity contribution in [3.8, 4) is 0 Å². The number of carbonyl (C=O) groups is 4. The molecule has 3 aliphatic heterocycles. The Balaban J connectivity index is 2.09. The Morgan fingerprint density at radius 1 is 1.04 bits per heavy atom. The Kier molecular flexibility index (Phi) is 14.5. The number of carbonyl (C=O) groups excluding carboxylic acids is 4. The van der Waals surface area contributed by atoms with Gasteiger partial charge >= 0.3 is 0 Å². The molecule has 0 unspecified atom stereocenters. The summed E-state index contributed by atoms with van der Waals surface area (Å²) in [7, 11) is 3.08. The van der Waals surface area contributed by atoms with E-state index in [2.05, 4.69) is 13.2 Å². The Morgan fingerprint density at radius 3 is 2.29 bits per heavy atom. The highest BCUT2D eigenvalue weighted by Crippen LogP contribution is 2.39. The summed E-state index contributed by atoms with van der Waals surface area (Å²) in [6.07, 6.45) is 4.06. The minimum atomic E-state index is -2.44. The number of hydrogen-bond donors (Lipinski definition) is 2. The summed E-state index contributed by atoms with van der Waals surface area (Å²) in [4.78, 5) is 56.7. The summed E-state index contributed by atoms with van der Waals surface area (Å²) in [5.74, 6) is -6.96. The monoisotopic (exact) mass is 673 g/mol. The lowest BCUT2D eigenvalue weighted by atomic mass is 9.77. The van der Waals surface area contributed by atoms with Crippen molar-refractivity contribution in [2.75, 3.05) is 20.8 Å². The van der Waals surface area contributed by atoms with Gasteiger partial charge < -0.3 is 29.3 Å². The molecule has 0 spiro atoms. The van der Waals surface area contributed by atoms with Crippen LogP contribution in [0.1, 0.15) is 92.4 Å². The maximum absolute atomic E-state index is 14.0. The predicted octanol–water partition coefficient (Wildman–Crippen LogP) is 4.76. The summed E-state index contributed by atoms with van der Waals surface area (Å²) in [5.41, 5.74) is 1.68. The van der Waals surface area contributed by atoms with E-state index in [1.54, 1.807) is 19.9 Å². The van der Waals surface area contributed by atoms with Gasteiger partial charge in [0.15, 0.2) is 5.78 Å². The van der Waals surface area contributed by atoms with Crippen molar-refractivity contribution in [2.45, 2.75) is 129 Å². The minimum Gasteiger partial charge on any atom is -0.392 e. The summed E-state index contributed by atoms with van der Waals surface area (Å²) < 4.78 is 17.9. The van der Waals surface area contributed by atoms with Gasteiger partial charge in [0, 0.05) is 45.4 Å². The van der Waals surface area contributed by atoms with Gasteiger partial charge in [-0.25, -0.2) is 0 Å². The molecule has 11 atom stereocenters. The highest BCUT2D eigenvalue weighted by molar-refractivity contribution is 6.39. The van der Waals surface area contributed by atoms with E-state index in [1.165, 1.54) is 19.1 Å². The van der Waals surface area contributed by atoms with E-state index in [-0.39, 0.29) is 43.3 Å². The van der Waals surface area contributed by atoms with Crippen LogP contribution in [0.25, 0.3) is 0 Å². The van der Waals surface area contributed by atoms with Gasteiger partial charge in [0.25, 0.3) is 11.7 Å². The van der Waals surface area contributed by atoms with E-state index >= 15 is 0 Å². The number of amides is 1. The minimum absolute atomic E-state index is 0.0122. The molecule has 10 heteroatoms. The summed E-state index contributed by atoms with van der Waals surface area (Å²) in [6, 6.07) is -0.875. The normalized spacial score (nSPS) is 39.5. The van der Waals surface area contributed by atoms with Crippen molar-refractivity contribution in [2.24, 2.45) is 29.6 Å². The SMILES string of the molecule is C=CC[C@@H]1/C=C(\C)C[C@H](C)C[C@H](OC)[C@H]2O[C@@](O)(C(=O)C(=O)N3CCCC[C@H]3C(=O)C[C@H](C(=C)C)[C@H](C)[C@@H](O)CC1=O)[C@H](C)C[C@@H]2OC. The van der Waals surface area contributed by atoms with Crippen molar-refractivity contribution in [3.05, 3.63) is 36.5 Å². The Hall–Kier alpha value is -2.50. The maximum Gasteiger partial charge on any atom is 0.296 e. The van der Waals surface area contributed by atoms with Crippen molar-refractivity contribution < 1.29 is 43.6 Å². The number of ketones is 3. The first kappa shape index (κ1) is 39.9. The fourth-order valence-corrected chi connectivity index (χ4v) is 7.91. The van der Waals surface area contributed by atoms with Crippen LogP contribution >= 0.6 is 0 Å². The smallest absolute Gasteiger partial charge is 0.296 e. The number of ether oxygens (including phenoxy) is 3. The molecular formula is C38H59NO9. The van der Waals surface area contributed by atoms with E-state index < -0.39 is 71.6 Å². The topological polar surface area (TPSA) is 140 Å². The average Bonchev–Trinajstić information content (AvgIpc) is 3.05. The first-order valence-corrected chi connectivity index (χ1v) is 17.6. The molecule has 2 bridgehead atoms. The van der Waals surface area contributed by atoms with Gasteiger partial charge in [-0.2, -0.15) is 0 Å². The quantitative estimate of drug-likeness (QED) is 0.313. The highest BCUT2D eigenvalue weighted by Gasteiger charge is 2.56. The predicted molar refractivity (Wildman–Crippen MR) is 183 cm³/mol. The number of allylic oxidation sites excluding steroid dienone is 4. The molecule has 3 heterocycles. The molecule has 0 aromatic heterocycles. The van der Waals surface area contributed by atoms with Crippen LogP contribution in [0.5, 0.6) is 0 Å². The standard InChI is InChI=1S/C38H59NO9/c1-10-13-27-17-23(4)16-24(5)18-33(46-8)35-34(47-9)19-25(6)38(45,48-35)36(43)37(44)39-15-12-11-14-29(39)32(42)20-28(22(2)3)26(7)30(40)21-31(27)41/h10,17,24-30,33-35,40,45H,1-2,11-16,18-21H2,3-9H3/b23-17+/t24-,25+,26-,27+,28+,29-,30-,33-,34-,35+,38+/m0/s1. The molecular weight excluding hydrogens is 614 g/mol. The van der Waals surface area contributed by atoms with E-state index in [0.29, 0.717) is 44.1 Å². The first-order valence-electron chi connectivity index (χ1n) is 17.6. The number of piperidine rings is 1. The molecule has 0 radical (unpaired) electrons. The fraction of sp³-hybridized carbons (Fsp3) is 0.737. The lowest BCUT2D eigenvalue weighted by Gasteiger charge is -2.47. The second-order valence-electron chi connectivity index (χ2n) is 14.7. The molecule has 0 aromatic carbocycles. The molecule has 3 aliphatic rings. The van der Waals surface area contributed by atoms with Gasteiger partial charge in [-0.05, 0) is 76.5 Å². The molecule has 48 heavy (non-hydrogen) atoms. The third-order valence-corrected chi connectivity index (χ3v) is 10.9. The third kappa shape index (κ3) is 9.18. The molecule has 0 aromatic rings. The molecule has 2 N–H and O–H groups in total. The van der Waals surface area contributed by atoms with Gasteiger partial charge in [0.2, 0.25) is 5.79 Å². The van der Waals surface area contributed by atoms with Crippen LogP contribution in [-0.4, -0.2) is 95.4 Å². The zero-order chi connectivity index (χ0) is 35.9. The zero-order valence-corrected chi connectivity index (χ0v) is 30.1. The third-order valence-electron chi connectivity index (χ3n) is 10.9. The van der Waals surface area contributed by atoms with Gasteiger partial charge in [0.05, 0.1) is 24.4 Å². The Morgan fingerprint density at radius 2 is 1.69 bits per heavy atom. The van der Waals surface area contributed by atoms with Crippen molar-refractivity contribution in [1.82, 2.24) is 4.90 Å². The van der Waals surface area contributed by atoms with E-state index in [0.717, 1.165) is 5.57 Å². The number of nitrogens with zero attached hydrogens (tertiary/aromatic N) is 1. The molecule has 1 amide bonds. The number of hydrogen-bond acceptors (Lipinski definition) is 9. The number of rotatable bonds is 5. The molecule has 270 valence electrons. The number of methoxy groups -OCH3 is 2. The summed E-state index contributed by atoms with van der Waals surface area (Å²) in [5, 5.41) is 23.2. The van der Waals surface area contributed by atoms with Gasteiger partial charge in [-0.1, -0.05) is 50.6 Å². The summed E-state index contributed by atoms with van der Waals surface area (Å²) in [6.45, 7) is 17.4. The van der Waals surface area contributed by atoms with Gasteiger partial charge in [-0.3, -0.25) is 19.2 Å². The second-order valence-corrected chi connectivity index (χ2v) is 14.7. The number of aliphatic hydroxyl groups excluding tert-OH is 1. The van der Waals surface area contributed by atoms with Crippen molar-refractivity contribution in [3.63, 3.8) is 0 Å². The lowest BCUT2D eigenvalue weighted by molar-refractivity contribution is -0.302. The van der Waals surface area contributed by atoms with Crippen LogP contribution in [0.4, 0.5) is 0 Å². The molecule has 0 saturated carbocycles. The molecule has 2 saturated heterocycles. The van der Waals surface area contributed by atoms with E-state index in [9.17, 15) is 29.4 Å². The second kappa shape index (κ2) is 17.4. The van der Waals surface area contributed by atoms with E-state index in [4.69, 9.17) is 14.2 Å². The highest BCUT2D eigenvalue weighted by atomic mass is 16.7. The molecule has 2 fully saturated rings. The maximum atomic E-state index is 14.0. The van der Waals surface area contributed by atoms with Gasteiger partial charge in [0.1, 0.15) is 11.9 Å². The lowest BCUT2D eigenvalue weighted by Crippen LogP contribution is -2.64.